The van der Waals surface area contributed by atoms with Crippen LogP contribution >= 0.6 is 11.6 Å². The zero-order valence-electron chi connectivity index (χ0n) is 15.0. The highest BCUT2D eigenvalue weighted by molar-refractivity contribution is 6.31. The minimum Gasteiger partial charge on any atom is -0.466 e. The van der Waals surface area contributed by atoms with E-state index < -0.39 is 17.8 Å². The third kappa shape index (κ3) is 4.39. The van der Waals surface area contributed by atoms with Gasteiger partial charge in [-0.25, -0.2) is 4.39 Å². The summed E-state index contributed by atoms with van der Waals surface area (Å²) in [6.07, 6.45) is -0.101. The van der Waals surface area contributed by atoms with E-state index in [0.717, 1.165) is 27.8 Å². The molecule has 0 saturated carbocycles. The Bertz CT molecular complexity index is 782. The molecule has 0 amide bonds. The van der Waals surface area contributed by atoms with E-state index in [1.807, 2.05) is 20.8 Å². The SMILES string of the molecule is CCOC(=O)C[C@H](N)c1cc(-c2c(C)cc(C)cc2C)cc(Cl)c1F. The molecule has 0 bridgehead atoms. The van der Waals surface area contributed by atoms with Crippen LogP contribution in [0.1, 0.15) is 41.6 Å². The van der Waals surface area contributed by atoms with Gasteiger partial charge in [-0.2, -0.15) is 0 Å². The average molecular weight is 364 g/mol. The summed E-state index contributed by atoms with van der Waals surface area (Å²) in [6.45, 7) is 8.01. The van der Waals surface area contributed by atoms with Crippen molar-refractivity contribution in [1.82, 2.24) is 0 Å². The third-order valence-corrected chi connectivity index (χ3v) is 4.39. The van der Waals surface area contributed by atoms with Gasteiger partial charge in [0.2, 0.25) is 0 Å². The van der Waals surface area contributed by atoms with Crippen LogP contribution in [0.25, 0.3) is 11.1 Å². The van der Waals surface area contributed by atoms with Gasteiger partial charge >= 0.3 is 5.97 Å². The second-order valence-corrected chi connectivity index (χ2v) is 6.66. The molecule has 0 fully saturated rings. The first kappa shape index (κ1) is 19.4. The van der Waals surface area contributed by atoms with Gasteiger partial charge in [-0.15, -0.1) is 0 Å². The van der Waals surface area contributed by atoms with Gasteiger partial charge in [-0.05, 0) is 62.1 Å². The van der Waals surface area contributed by atoms with Gasteiger partial charge in [-0.3, -0.25) is 4.79 Å². The number of hydrogen-bond donors (Lipinski definition) is 1. The molecule has 0 unspecified atom stereocenters. The van der Waals surface area contributed by atoms with E-state index in [9.17, 15) is 9.18 Å². The van der Waals surface area contributed by atoms with E-state index in [0.29, 0.717) is 0 Å². The van der Waals surface area contributed by atoms with Crippen LogP contribution in [-0.2, 0) is 9.53 Å². The summed E-state index contributed by atoms with van der Waals surface area (Å²) in [5.41, 5.74) is 11.4. The molecule has 25 heavy (non-hydrogen) atoms. The highest BCUT2D eigenvalue weighted by Gasteiger charge is 2.20. The zero-order chi connectivity index (χ0) is 18.7. The largest absolute Gasteiger partial charge is 0.466 e. The van der Waals surface area contributed by atoms with Crippen LogP contribution in [0, 0.1) is 26.6 Å². The summed E-state index contributed by atoms with van der Waals surface area (Å²) < 4.78 is 19.4. The Morgan fingerprint density at radius 2 is 1.80 bits per heavy atom. The Morgan fingerprint density at radius 1 is 1.20 bits per heavy atom. The van der Waals surface area contributed by atoms with Crippen molar-refractivity contribution < 1.29 is 13.9 Å². The lowest BCUT2D eigenvalue weighted by atomic mass is 9.91. The number of rotatable bonds is 5. The number of aryl methyl sites for hydroxylation is 3. The molecule has 2 N–H and O–H groups in total. The molecule has 1 atom stereocenters. The number of halogens is 2. The van der Waals surface area contributed by atoms with Gasteiger partial charge in [0, 0.05) is 11.6 Å². The Kier molecular flexibility index (Phi) is 6.20. The summed E-state index contributed by atoms with van der Waals surface area (Å²) in [5, 5.41) is -0.00816. The number of carbonyl (C=O) groups excluding carboxylic acids is 1. The van der Waals surface area contributed by atoms with Crippen LogP contribution in [0.2, 0.25) is 5.02 Å². The summed E-state index contributed by atoms with van der Waals surface area (Å²) in [6, 6.07) is 6.59. The molecule has 0 aliphatic rings. The van der Waals surface area contributed by atoms with Crippen molar-refractivity contribution >= 4 is 17.6 Å². The van der Waals surface area contributed by atoms with Crippen molar-refractivity contribution in [2.45, 2.75) is 40.2 Å². The maximum Gasteiger partial charge on any atom is 0.307 e. The van der Waals surface area contributed by atoms with Crippen molar-refractivity contribution in [2.75, 3.05) is 6.61 Å². The number of hydrogen-bond acceptors (Lipinski definition) is 3. The fourth-order valence-corrected chi connectivity index (χ4v) is 3.40. The number of nitrogens with two attached hydrogens (primary N) is 1. The van der Waals surface area contributed by atoms with Crippen LogP contribution in [-0.4, -0.2) is 12.6 Å². The molecule has 0 radical (unpaired) electrons. The topological polar surface area (TPSA) is 52.3 Å². The van der Waals surface area contributed by atoms with E-state index in [1.54, 1.807) is 19.1 Å². The van der Waals surface area contributed by atoms with Crippen molar-refractivity contribution in [3.63, 3.8) is 0 Å². The molecule has 0 heterocycles. The lowest BCUT2D eigenvalue weighted by Gasteiger charge is -2.17. The van der Waals surface area contributed by atoms with Gasteiger partial charge in [0.05, 0.1) is 18.1 Å². The molecule has 0 saturated heterocycles. The van der Waals surface area contributed by atoms with Crippen LogP contribution in [0.15, 0.2) is 24.3 Å². The van der Waals surface area contributed by atoms with Gasteiger partial charge in [0.1, 0.15) is 5.82 Å². The first-order valence-corrected chi connectivity index (χ1v) is 8.60. The predicted molar refractivity (Wildman–Crippen MR) is 99.2 cm³/mol. The Morgan fingerprint density at radius 3 is 2.36 bits per heavy atom. The maximum atomic E-state index is 14.5. The van der Waals surface area contributed by atoms with Crippen molar-refractivity contribution in [2.24, 2.45) is 5.73 Å². The molecular formula is C20H23ClFNO2. The molecule has 0 aromatic heterocycles. The van der Waals surface area contributed by atoms with Crippen molar-refractivity contribution in [3.05, 3.63) is 57.4 Å². The number of carbonyl (C=O) groups is 1. The summed E-state index contributed by atoms with van der Waals surface area (Å²) in [5.74, 6) is -1.05. The molecule has 0 aliphatic heterocycles. The van der Waals surface area contributed by atoms with Gasteiger partial charge in [0.25, 0.3) is 0 Å². The predicted octanol–water partition coefficient (Wildman–Crippen LogP) is 5.02. The second-order valence-electron chi connectivity index (χ2n) is 6.25. The molecular weight excluding hydrogens is 341 g/mol. The van der Waals surface area contributed by atoms with Crippen LogP contribution < -0.4 is 5.73 Å². The molecule has 0 spiro atoms. The first-order chi connectivity index (χ1) is 11.7. The molecule has 2 rings (SSSR count). The van der Waals surface area contributed by atoms with E-state index in [1.165, 1.54) is 0 Å². The molecule has 0 aliphatic carbocycles. The number of esters is 1. The quantitative estimate of drug-likeness (QED) is 0.758. The first-order valence-electron chi connectivity index (χ1n) is 8.23. The zero-order valence-corrected chi connectivity index (χ0v) is 15.7. The van der Waals surface area contributed by atoms with Crippen LogP contribution in [0.4, 0.5) is 4.39 Å². The maximum absolute atomic E-state index is 14.5. The standard InChI is InChI=1S/C20H23ClFNO2/c1-5-25-18(24)10-17(23)15-8-14(9-16(21)20(15)22)19-12(3)6-11(2)7-13(19)4/h6-9,17H,5,10,23H2,1-4H3/t17-/m0/s1. The van der Waals surface area contributed by atoms with Gasteiger partial charge in [0.15, 0.2) is 0 Å². The minimum absolute atomic E-state index is 0.00816. The number of benzene rings is 2. The summed E-state index contributed by atoms with van der Waals surface area (Å²) in [4.78, 5) is 11.7. The van der Waals surface area contributed by atoms with Gasteiger partial charge < -0.3 is 10.5 Å². The van der Waals surface area contributed by atoms with Crippen LogP contribution in [0.3, 0.4) is 0 Å². The average Bonchev–Trinajstić information content (AvgIpc) is 2.49. The summed E-state index contributed by atoms with van der Waals surface area (Å²) in [7, 11) is 0. The highest BCUT2D eigenvalue weighted by atomic mass is 35.5. The second kappa shape index (κ2) is 7.98. The normalized spacial score (nSPS) is 12.1. The molecule has 2 aromatic carbocycles. The fourth-order valence-electron chi connectivity index (χ4n) is 3.17. The Balaban J connectivity index is 2.50. The van der Waals surface area contributed by atoms with Crippen LogP contribution in [0.5, 0.6) is 0 Å². The molecule has 134 valence electrons. The molecule has 2 aromatic rings. The molecule has 3 nitrogen and oxygen atoms in total. The molecule has 5 heteroatoms. The number of ether oxygens (including phenoxy) is 1. The lowest BCUT2D eigenvalue weighted by Crippen LogP contribution is -2.18. The monoisotopic (exact) mass is 363 g/mol. The van der Waals surface area contributed by atoms with Crippen molar-refractivity contribution in [1.29, 1.82) is 0 Å². The Labute approximate surface area is 152 Å². The third-order valence-electron chi connectivity index (χ3n) is 4.11. The lowest BCUT2D eigenvalue weighted by molar-refractivity contribution is -0.143. The summed E-state index contributed by atoms with van der Waals surface area (Å²) >= 11 is 6.10. The van der Waals surface area contributed by atoms with E-state index in [-0.39, 0.29) is 23.6 Å². The van der Waals surface area contributed by atoms with E-state index >= 15 is 0 Å². The highest BCUT2D eigenvalue weighted by Crippen LogP contribution is 2.35. The minimum atomic E-state index is -0.817. The smallest absolute Gasteiger partial charge is 0.307 e. The fraction of sp³-hybridized carbons (Fsp3) is 0.350. The Hall–Kier alpha value is -1.91. The van der Waals surface area contributed by atoms with Crippen molar-refractivity contribution in [3.8, 4) is 11.1 Å². The van der Waals surface area contributed by atoms with E-state index in [2.05, 4.69) is 12.1 Å². The van der Waals surface area contributed by atoms with Gasteiger partial charge in [-0.1, -0.05) is 29.3 Å². The van der Waals surface area contributed by atoms with E-state index in [4.69, 9.17) is 22.1 Å².